The summed E-state index contributed by atoms with van der Waals surface area (Å²) in [6.07, 6.45) is 3.66. The number of nitriles is 1. The molecular formula is C17H20BN3O2. The van der Waals surface area contributed by atoms with E-state index < -0.39 is 18.3 Å². The number of rotatable bonds is 2. The lowest BCUT2D eigenvalue weighted by Gasteiger charge is -2.32. The van der Waals surface area contributed by atoms with Gasteiger partial charge in [-0.2, -0.15) is 5.26 Å². The highest BCUT2D eigenvalue weighted by atomic mass is 16.7. The van der Waals surface area contributed by atoms with Gasteiger partial charge in [-0.15, -0.1) is 0 Å². The van der Waals surface area contributed by atoms with E-state index in [0.717, 1.165) is 16.8 Å². The van der Waals surface area contributed by atoms with Gasteiger partial charge in [0.25, 0.3) is 0 Å². The first-order valence-corrected chi connectivity index (χ1v) is 7.63. The first kappa shape index (κ1) is 15.8. The first-order valence-electron chi connectivity index (χ1n) is 7.63. The van der Waals surface area contributed by atoms with Gasteiger partial charge in [0.15, 0.2) is 0 Å². The van der Waals surface area contributed by atoms with Gasteiger partial charge in [-0.3, -0.25) is 0 Å². The van der Waals surface area contributed by atoms with Crippen LogP contribution in [0.25, 0.3) is 5.69 Å². The Labute approximate surface area is 137 Å². The SMILES string of the molecule is Cc1cn(-c2cc(C#N)cc(B3OC(C)(C)C(C)(C)O3)c2)cn1. The standard InChI is InChI=1S/C17H20BN3O2/c1-12-10-21(11-20-12)15-7-13(9-19)6-14(8-15)18-22-16(2,3)17(4,5)23-18/h6-8,10-11H,1-5H3. The number of hydrogen-bond acceptors (Lipinski definition) is 4. The molecule has 1 saturated heterocycles. The molecule has 0 saturated carbocycles. The van der Waals surface area contributed by atoms with Crippen LogP contribution in [-0.4, -0.2) is 27.9 Å². The summed E-state index contributed by atoms with van der Waals surface area (Å²) >= 11 is 0. The van der Waals surface area contributed by atoms with E-state index in [1.54, 1.807) is 6.33 Å². The molecule has 1 aromatic heterocycles. The Morgan fingerprint density at radius 1 is 1.13 bits per heavy atom. The highest BCUT2D eigenvalue weighted by Gasteiger charge is 2.51. The minimum atomic E-state index is -0.489. The minimum Gasteiger partial charge on any atom is -0.399 e. The van der Waals surface area contributed by atoms with Crippen LogP contribution in [0.2, 0.25) is 0 Å². The summed E-state index contributed by atoms with van der Waals surface area (Å²) < 4.78 is 14.1. The maximum atomic E-state index is 9.33. The third-order valence-electron chi connectivity index (χ3n) is 4.60. The van der Waals surface area contributed by atoms with Crippen LogP contribution < -0.4 is 5.46 Å². The molecule has 1 aliphatic heterocycles. The van der Waals surface area contributed by atoms with Gasteiger partial charge in [0, 0.05) is 11.9 Å². The van der Waals surface area contributed by atoms with Crippen LogP contribution in [0.1, 0.15) is 39.0 Å². The summed E-state index contributed by atoms with van der Waals surface area (Å²) in [5.74, 6) is 0. The Morgan fingerprint density at radius 3 is 2.30 bits per heavy atom. The molecule has 0 bridgehead atoms. The Hall–Kier alpha value is -2.10. The third kappa shape index (κ3) is 2.78. The molecule has 0 amide bonds. The van der Waals surface area contributed by atoms with Crippen LogP contribution in [0.15, 0.2) is 30.7 Å². The summed E-state index contributed by atoms with van der Waals surface area (Å²) in [4.78, 5) is 4.24. The van der Waals surface area contributed by atoms with E-state index in [-0.39, 0.29) is 0 Å². The molecule has 0 N–H and O–H groups in total. The zero-order chi connectivity index (χ0) is 16.8. The Kier molecular flexibility index (Phi) is 3.59. The normalized spacial score (nSPS) is 18.9. The van der Waals surface area contributed by atoms with Gasteiger partial charge in [-0.05, 0) is 58.3 Å². The minimum absolute atomic E-state index is 0.411. The quantitative estimate of drug-likeness (QED) is 0.799. The van der Waals surface area contributed by atoms with Gasteiger partial charge in [0.05, 0.1) is 34.9 Å². The van der Waals surface area contributed by atoms with E-state index in [2.05, 4.69) is 11.1 Å². The highest BCUT2D eigenvalue weighted by molar-refractivity contribution is 6.62. The van der Waals surface area contributed by atoms with Gasteiger partial charge in [0.2, 0.25) is 0 Å². The van der Waals surface area contributed by atoms with E-state index in [1.165, 1.54) is 0 Å². The predicted molar refractivity (Wildman–Crippen MR) is 88.7 cm³/mol. The molecule has 2 heterocycles. The van der Waals surface area contributed by atoms with Gasteiger partial charge >= 0.3 is 7.12 Å². The second-order valence-corrected chi connectivity index (χ2v) is 6.94. The van der Waals surface area contributed by atoms with E-state index in [4.69, 9.17) is 9.31 Å². The molecule has 0 aliphatic carbocycles. The number of aromatic nitrogens is 2. The molecule has 0 unspecified atom stereocenters. The Balaban J connectivity index is 2.02. The molecule has 1 aliphatic rings. The van der Waals surface area contributed by atoms with Crippen LogP contribution in [0.3, 0.4) is 0 Å². The largest absolute Gasteiger partial charge is 0.494 e. The lowest BCUT2D eigenvalue weighted by molar-refractivity contribution is 0.00578. The van der Waals surface area contributed by atoms with Crippen molar-refractivity contribution in [1.82, 2.24) is 9.55 Å². The lowest BCUT2D eigenvalue weighted by Crippen LogP contribution is -2.41. The van der Waals surface area contributed by atoms with E-state index in [1.807, 2.05) is 63.6 Å². The number of nitrogens with zero attached hydrogens (tertiary/aromatic N) is 3. The monoisotopic (exact) mass is 309 g/mol. The molecule has 0 atom stereocenters. The lowest BCUT2D eigenvalue weighted by atomic mass is 9.78. The zero-order valence-corrected chi connectivity index (χ0v) is 14.1. The molecule has 6 heteroatoms. The maximum absolute atomic E-state index is 9.33. The van der Waals surface area contributed by atoms with Crippen molar-refractivity contribution >= 4 is 12.6 Å². The first-order chi connectivity index (χ1) is 10.7. The molecule has 23 heavy (non-hydrogen) atoms. The summed E-state index contributed by atoms with van der Waals surface area (Å²) in [6.45, 7) is 9.99. The van der Waals surface area contributed by atoms with Crippen LogP contribution in [0.5, 0.6) is 0 Å². The summed E-state index contributed by atoms with van der Waals surface area (Å²) in [5, 5.41) is 9.33. The molecule has 3 rings (SSSR count). The third-order valence-corrected chi connectivity index (χ3v) is 4.60. The maximum Gasteiger partial charge on any atom is 0.494 e. The second kappa shape index (κ2) is 5.22. The summed E-state index contributed by atoms with van der Waals surface area (Å²) in [5.41, 5.74) is 2.37. The molecule has 0 spiro atoms. The van der Waals surface area contributed by atoms with Crippen molar-refractivity contribution in [2.24, 2.45) is 0 Å². The Bertz CT molecular complexity index is 773. The topological polar surface area (TPSA) is 60.1 Å². The Morgan fingerprint density at radius 2 is 1.78 bits per heavy atom. The van der Waals surface area contributed by atoms with Crippen molar-refractivity contribution in [3.8, 4) is 11.8 Å². The van der Waals surface area contributed by atoms with Gasteiger partial charge in [0.1, 0.15) is 0 Å². The summed E-state index contributed by atoms with van der Waals surface area (Å²) in [7, 11) is -0.489. The fraction of sp³-hybridized carbons (Fsp3) is 0.412. The van der Waals surface area contributed by atoms with E-state index in [9.17, 15) is 5.26 Å². The number of aryl methyl sites for hydroxylation is 1. The number of benzene rings is 1. The molecule has 1 fully saturated rings. The fourth-order valence-corrected chi connectivity index (χ4v) is 2.53. The van der Waals surface area contributed by atoms with Crippen LogP contribution in [-0.2, 0) is 9.31 Å². The van der Waals surface area contributed by atoms with Gasteiger partial charge in [-0.1, -0.05) is 0 Å². The molecule has 2 aromatic rings. The molecule has 1 aromatic carbocycles. The molecule has 118 valence electrons. The van der Waals surface area contributed by atoms with Crippen molar-refractivity contribution in [2.45, 2.75) is 45.8 Å². The van der Waals surface area contributed by atoms with Gasteiger partial charge < -0.3 is 13.9 Å². The molecule has 0 radical (unpaired) electrons. The van der Waals surface area contributed by atoms with E-state index in [0.29, 0.717) is 5.56 Å². The fourth-order valence-electron chi connectivity index (χ4n) is 2.53. The van der Waals surface area contributed by atoms with Crippen LogP contribution >= 0.6 is 0 Å². The van der Waals surface area contributed by atoms with Crippen molar-refractivity contribution in [2.75, 3.05) is 0 Å². The average Bonchev–Trinajstić information content (AvgIpc) is 3.00. The van der Waals surface area contributed by atoms with Crippen molar-refractivity contribution in [1.29, 1.82) is 5.26 Å². The highest BCUT2D eigenvalue weighted by Crippen LogP contribution is 2.36. The smallest absolute Gasteiger partial charge is 0.399 e. The number of imidazole rings is 1. The number of hydrogen-bond donors (Lipinski definition) is 0. The average molecular weight is 309 g/mol. The van der Waals surface area contributed by atoms with Crippen molar-refractivity contribution in [3.05, 3.63) is 42.0 Å². The summed E-state index contributed by atoms with van der Waals surface area (Å²) in [6, 6.07) is 7.82. The van der Waals surface area contributed by atoms with E-state index >= 15 is 0 Å². The second-order valence-electron chi connectivity index (χ2n) is 6.94. The predicted octanol–water partition coefficient (Wildman–Crippen LogP) is 2.35. The van der Waals surface area contributed by atoms with Crippen molar-refractivity contribution < 1.29 is 9.31 Å². The zero-order valence-electron chi connectivity index (χ0n) is 14.1. The van der Waals surface area contributed by atoms with Crippen LogP contribution in [0, 0.1) is 18.3 Å². The van der Waals surface area contributed by atoms with Gasteiger partial charge in [-0.25, -0.2) is 4.98 Å². The van der Waals surface area contributed by atoms with Crippen molar-refractivity contribution in [3.63, 3.8) is 0 Å². The van der Waals surface area contributed by atoms with Crippen LogP contribution in [0.4, 0.5) is 0 Å². The molecule has 5 nitrogen and oxygen atoms in total. The molecular weight excluding hydrogens is 289 g/mol.